The highest BCUT2D eigenvalue weighted by atomic mass is 16.5. The summed E-state index contributed by atoms with van der Waals surface area (Å²) in [5, 5.41) is 4.16. The molecule has 5 heteroatoms. The summed E-state index contributed by atoms with van der Waals surface area (Å²) >= 11 is 0. The van der Waals surface area contributed by atoms with Crippen molar-refractivity contribution in [2.24, 2.45) is 0 Å². The molecule has 0 aliphatic carbocycles. The zero-order valence-corrected chi connectivity index (χ0v) is 10.1. The van der Waals surface area contributed by atoms with Crippen LogP contribution >= 0.6 is 0 Å². The number of piperidine rings is 1. The minimum absolute atomic E-state index is 0.138. The van der Waals surface area contributed by atoms with Gasteiger partial charge >= 0.3 is 6.01 Å². The van der Waals surface area contributed by atoms with Gasteiger partial charge in [-0.2, -0.15) is 9.97 Å². The maximum Gasteiger partial charge on any atom is 0.319 e. The summed E-state index contributed by atoms with van der Waals surface area (Å²) in [6.45, 7) is 1.90. The van der Waals surface area contributed by atoms with Crippen molar-refractivity contribution in [3.05, 3.63) is 24.3 Å². The third-order valence-corrected chi connectivity index (χ3v) is 3.14. The predicted molar refractivity (Wildman–Crippen MR) is 70.5 cm³/mol. The molecule has 1 aromatic heterocycles. The fourth-order valence-corrected chi connectivity index (χ4v) is 2.20. The van der Waals surface area contributed by atoms with Crippen LogP contribution in [0.15, 0.2) is 24.3 Å². The second-order valence-electron chi connectivity index (χ2n) is 4.49. The lowest BCUT2D eigenvalue weighted by atomic mass is 10.1. The Morgan fingerprint density at radius 1 is 1.28 bits per heavy atom. The molecule has 0 spiro atoms. The number of benzene rings is 1. The largest absolute Gasteiger partial charge is 0.459 e. The summed E-state index contributed by atoms with van der Waals surface area (Å²) in [5.74, 6) is 0.472. The Morgan fingerprint density at radius 2 is 2.17 bits per heavy atom. The Labute approximate surface area is 105 Å². The van der Waals surface area contributed by atoms with Gasteiger partial charge in [-0.3, -0.25) is 0 Å². The van der Waals surface area contributed by atoms with Gasteiger partial charge in [-0.05, 0) is 31.5 Å². The highest BCUT2D eigenvalue weighted by Gasteiger charge is 2.16. The molecular formula is C13H16N4O. The maximum absolute atomic E-state index is 5.92. The van der Waals surface area contributed by atoms with Crippen LogP contribution < -0.4 is 15.8 Å². The quantitative estimate of drug-likeness (QED) is 0.834. The van der Waals surface area contributed by atoms with Crippen molar-refractivity contribution in [1.82, 2.24) is 15.3 Å². The minimum Gasteiger partial charge on any atom is -0.459 e. The summed E-state index contributed by atoms with van der Waals surface area (Å²) in [5.41, 5.74) is 6.74. The molecule has 0 unspecified atom stereocenters. The highest BCUT2D eigenvalue weighted by Crippen LogP contribution is 2.21. The van der Waals surface area contributed by atoms with E-state index in [1.807, 2.05) is 24.3 Å². The van der Waals surface area contributed by atoms with E-state index in [-0.39, 0.29) is 6.10 Å². The number of aromatic nitrogens is 2. The van der Waals surface area contributed by atoms with E-state index in [0.29, 0.717) is 11.8 Å². The van der Waals surface area contributed by atoms with Gasteiger partial charge in [0.05, 0.1) is 5.52 Å². The van der Waals surface area contributed by atoms with Gasteiger partial charge in [0.1, 0.15) is 11.9 Å². The van der Waals surface area contributed by atoms with Crippen LogP contribution in [0.5, 0.6) is 6.01 Å². The number of hydrogen-bond donors (Lipinski definition) is 2. The van der Waals surface area contributed by atoms with Crippen LogP contribution in [0.25, 0.3) is 10.9 Å². The Hall–Kier alpha value is -1.88. The van der Waals surface area contributed by atoms with Crippen molar-refractivity contribution in [3.8, 4) is 6.01 Å². The van der Waals surface area contributed by atoms with E-state index < -0.39 is 0 Å². The minimum atomic E-state index is 0.138. The lowest BCUT2D eigenvalue weighted by Crippen LogP contribution is -2.37. The molecule has 2 aromatic rings. The van der Waals surface area contributed by atoms with Gasteiger partial charge in [0.25, 0.3) is 0 Å². The van der Waals surface area contributed by atoms with E-state index in [0.717, 1.165) is 36.8 Å². The summed E-state index contributed by atoms with van der Waals surface area (Å²) in [7, 11) is 0. The van der Waals surface area contributed by atoms with Crippen LogP contribution in [0.2, 0.25) is 0 Å². The topological polar surface area (TPSA) is 73.1 Å². The number of ether oxygens (including phenoxy) is 1. The number of hydrogen-bond acceptors (Lipinski definition) is 5. The van der Waals surface area contributed by atoms with Crippen LogP contribution in [0.4, 0.5) is 5.82 Å². The molecule has 1 aromatic carbocycles. The fourth-order valence-electron chi connectivity index (χ4n) is 2.20. The van der Waals surface area contributed by atoms with E-state index in [1.165, 1.54) is 0 Å². The van der Waals surface area contributed by atoms with E-state index in [1.54, 1.807) is 0 Å². The first-order valence-corrected chi connectivity index (χ1v) is 6.22. The van der Waals surface area contributed by atoms with Crippen molar-refractivity contribution in [1.29, 1.82) is 0 Å². The van der Waals surface area contributed by atoms with Gasteiger partial charge in [-0.1, -0.05) is 12.1 Å². The van der Waals surface area contributed by atoms with Gasteiger partial charge in [-0.25, -0.2) is 0 Å². The molecule has 5 nitrogen and oxygen atoms in total. The zero-order valence-electron chi connectivity index (χ0n) is 10.1. The molecule has 0 radical (unpaired) electrons. The molecule has 94 valence electrons. The fraction of sp³-hybridized carbons (Fsp3) is 0.385. The van der Waals surface area contributed by atoms with Crippen molar-refractivity contribution in [3.63, 3.8) is 0 Å². The lowest BCUT2D eigenvalue weighted by molar-refractivity contribution is 0.154. The molecular weight excluding hydrogens is 228 g/mol. The lowest BCUT2D eigenvalue weighted by Gasteiger charge is -2.22. The third-order valence-electron chi connectivity index (χ3n) is 3.14. The highest BCUT2D eigenvalue weighted by molar-refractivity contribution is 5.88. The van der Waals surface area contributed by atoms with Crippen LogP contribution in [0.1, 0.15) is 12.8 Å². The molecule has 3 N–H and O–H groups in total. The SMILES string of the molecule is Nc1nc(O[C@@H]2CCCNC2)nc2ccccc12. The van der Waals surface area contributed by atoms with Crippen LogP contribution in [-0.2, 0) is 0 Å². The molecule has 1 fully saturated rings. The average molecular weight is 244 g/mol. The first-order valence-electron chi connectivity index (χ1n) is 6.22. The second-order valence-corrected chi connectivity index (χ2v) is 4.49. The summed E-state index contributed by atoms with van der Waals surface area (Å²) in [4.78, 5) is 8.60. The van der Waals surface area contributed by atoms with Gasteiger partial charge in [0.2, 0.25) is 0 Å². The Kier molecular flexibility index (Phi) is 2.98. The number of nitrogens with two attached hydrogens (primary N) is 1. The summed E-state index contributed by atoms with van der Waals surface area (Å²) in [6.07, 6.45) is 2.29. The van der Waals surface area contributed by atoms with Crippen molar-refractivity contribution >= 4 is 16.7 Å². The number of nitrogens with zero attached hydrogens (tertiary/aromatic N) is 2. The molecule has 0 saturated carbocycles. The average Bonchev–Trinajstić information content (AvgIpc) is 2.40. The van der Waals surface area contributed by atoms with E-state index in [2.05, 4.69) is 15.3 Å². The molecule has 3 rings (SSSR count). The van der Waals surface area contributed by atoms with Crippen molar-refractivity contribution in [2.45, 2.75) is 18.9 Å². The van der Waals surface area contributed by atoms with E-state index in [9.17, 15) is 0 Å². The Bertz CT molecular complexity index is 552. The summed E-state index contributed by atoms with van der Waals surface area (Å²) in [6, 6.07) is 8.06. The van der Waals surface area contributed by atoms with Crippen LogP contribution in [0, 0.1) is 0 Å². The van der Waals surface area contributed by atoms with E-state index in [4.69, 9.17) is 10.5 Å². The third kappa shape index (κ3) is 2.22. The number of para-hydroxylation sites is 1. The smallest absolute Gasteiger partial charge is 0.319 e. The van der Waals surface area contributed by atoms with Crippen LogP contribution in [0.3, 0.4) is 0 Å². The zero-order chi connectivity index (χ0) is 12.4. The molecule has 0 bridgehead atoms. The number of anilines is 1. The predicted octanol–water partition coefficient (Wildman–Crippen LogP) is 1.34. The standard InChI is InChI=1S/C13H16N4O/c14-12-10-5-1-2-6-11(10)16-13(17-12)18-9-4-3-7-15-8-9/h1-2,5-6,9,15H,3-4,7-8H2,(H2,14,16,17)/t9-/m1/s1. The van der Waals surface area contributed by atoms with E-state index >= 15 is 0 Å². The first kappa shape index (κ1) is 11.2. The maximum atomic E-state index is 5.92. The number of rotatable bonds is 2. The van der Waals surface area contributed by atoms with Crippen LogP contribution in [-0.4, -0.2) is 29.2 Å². The molecule has 2 heterocycles. The van der Waals surface area contributed by atoms with Crippen molar-refractivity contribution < 1.29 is 4.74 Å². The number of fused-ring (bicyclic) bond motifs is 1. The monoisotopic (exact) mass is 244 g/mol. The molecule has 1 aliphatic heterocycles. The van der Waals surface area contributed by atoms with Gasteiger partial charge in [0, 0.05) is 11.9 Å². The van der Waals surface area contributed by atoms with Crippen molar-refractivity contribution in [2.75, 3.05) is 18.8 Å². The van der Waals surface area contributed by atoms with Gasteiger partial charge in [-0.15, -0.1) is 0 Å². The molecule has 18 heavy (non-hydrogen) atoms. The molecule has 0 amide bonds. The van der Waals surface area contributed by atoms with Gasteiger partial charge in [0.15, 0.2) is 0 Å². The molecule has 1 aliphatic rings. The molecule has 1 saturated heterocycles. The first-order chi connectivity index (χ1) is 8.83. The second kappa shape index (κ2) is 4.78. The summed E-state index contributed by atoms with van der Waals surface area (Å²) < 4.78 is 5.78. The Morgan fingerprint density at radius 3 is 3.00 bits per heavy atom. The van der Waals surface area contributed by atoms with Gasteiger partial charge < -0.3 is 15.8 Å². The molecule has 1 atom stereocenters. The Balaban J connectivity index is 1.87. The number of nitrogen functional groups attached to an aromatic ring is 1. The normalized spacial score (nSPS) is 19.9. The number of nitrogens with one attached hydrogen (secondary N) is 1.